The topological polar surface area (TPSA) is 125 Å². The Hall–Kier alpha value is -4.28. The summed E-state index contributed by atoms with van der Waals surface area (Å²) in [6.45, 7) is 2.42. The van der Waals surface area contributed by atoms with Crippen LogP contribution in [0.4, 0.5) is 0 Å². The lowest BCUT2D eigenvalue weighted by Crippen LogP contribution is -2.56. The molecule has 46 heavy (non-hydrogen) atoms. The zero-order valence-electron chi connectivity index (χ0n) is 26.0. The summed E-state index contributed by atoms with van der Waals surface area (Å²) < 4.78 is 12.6. The van der Waals surface area contributed by atoms with Crippen LogP contribution >= 0.6 is 0 Å². The summed E-state index contributed by atoms with van der Waals surface area (Å²) in [6, 6.07) is 16.3. The first-order chi connectivity index (χ1) is 22.4. The first-order valence-electron chi connectivity index (χ1n) is 16.2. The van der Waals surface area contributed by atoms with Gasteiger partial charge in [-0.25, -0.2) is 0 Å². The van der Waals surface area contributed by atoms with Crippen molar-refractivity contribution in [1.82, 2.24) is 15.1 Å². The Morgan fingerprint density at radius 3 is 2.46 bits per heavy atom. The van der Waals surface area contributed by atoms with Crippen molar-refractivity contribution in [3.63, 3.8) is 0 Å². The Bertz CT molecular complexity index is 1500. The number of likely N-dealkylation sites (tertiary alicyclic amines) is 1. The van der Waals surface area contributed by atoms with Crippen LogP contribution in [0.15, 0.2) is 85.0 Å². The van der Waals surface area contributed by atoms with Gasteiger partial charge < -0.3 is 29.7 Å². The predicted molar refractivity (Wildman–Crippen MR) is 169 cm³/mol. The average molecular weight is 628 g/mol. The number of hydrogen-bond acceptors (Lipinski definition) is 7. The predicted octanol–water partition coefficient (Wildman–Crippen LogP) is 3.25. The van der Waals surface area contributed by atoms with Gasteiger partial charge in [0.05, 0.1) is 31.2 Å². The fourth-order valence-electron chi connectivity index (χ4n) is 7.28. The van der Waals surface area contributed by atoms with Crippen LogP contribution in [-0.2, 0) is 28.7 Å². The third-order valence-electron chi connectivity index (χ3n) is 9.55. The van der Waals surface area contributed by atoms with Gasteiger partial charge in [0.2, 0.25) is 17.7 Å². The number of ether oxygens (including phenoxy) is 2. The summed E-state index contributed by atoms with van der Waals surface area (Å²) in [5, 5.41) is 13.6. The standard InChI is InChI=1S/C36H41N3O7/c1-2-3-20-38-21-12-6-11-17-29(41)37-22-28(25-15-9-5-10-16-25)45-35(44)30-27-18-19-36(46-27)31(30)33(42)39(32(36)34(38)43)26(23-40)24-13-7-4-8-14-24/h4-10,12-16,18-19,26-28,30-32,40H,2-3,11,17,20-23H2,1H3,(H,37,41)/b12-6-/t26-,27-,28-,30+,31+,32-,36+/m1/s1. The molecule has 0 unspecified atom stereocenters. The minimum atomic E-state index is -1.41. The second kappa shape index (κ2) is 13.6. The number of benzene rings is 2. The first kappa shape index (κ1) is 31.7. The Morgan fingerprint density at radius 2 is 1.74 bits per heavy atom. The molecule has 0 saturated carbocycles. The molecule has 0 radical (unpaired) electrons. The summed E-state index contributed by atoms with van der Waals surface area (Å²) in [5.41, 5.74) is -0.0394. The molecule has 0 aromatic heterocycles. The van der Waals surface area contributed by atoms with Gasteiger partial charge in [-0.1, -0.05) is 98.3 Å². The number of hydrogen-bond donors (Lipinski definition) is 2. The largest absolute Gasteiger partial charge is 0.455 e. The Kier molecular flexibility index (Phi) is 9.37. The quantitative estimate of drug-likeness (QED) is 0.357. The average Bonchev–Trinajstić information content (AvgIpc) is 3.72. The van der Waals surface area contributed by atoms with E-state index < -0.39 is 60.2 Å². The number of allylic oxidation sites excluding steroid dienone is 1. The summed E-state index contributed by atoms with van der Waals surface area (Å²) in [7, 11) is 0. The normalized spacial score (nSPS) is 31.0. The molecule has 1 spiro atoms. The molecule has 2 N–H and O–H groups in total. The molecule has 2 aromatic rings. The van der Waals surface area contributed by atoms with Gasteiger partial charge in [0.25, 0.3) is 0 Å². The molecule has 6 rings (SSSR count). The van der Waals surface area contributed by atoms with Gasteiger partial charge in [0.1, 0.15) is 23.7 Å². The van der Waals surface area contributed by atoms with E-state index in [2.05, 4.69) is 5.32 Å². The van der Waals surface area contributed by atoms with E-state index in [0.717, 1.165) is 12.8 Å². The molecule has 2 saturated heterocycles. The number of amides is 3. The van der Waals surface area contributed by atoms with Crippen molar-refractivity contribution < 1.29 is 33.8 Å². The lowest BCUT2D eigenvalue weighted by atomic mass is 9.74. The third-order valence-corrected chi connectivity index (χ3v) is 9.55. The fraction of sp³-hybridized carbons (Fsp3) is 0.444. The maximum absolute atomic E-state index is 14.7. The number of carbonyl (C=O) groups excluding carboxylic acids is 4. The van der Waals surface area contributed by atoms with Gasteiger partial charge in [-0.3, -0.25) is 19.2 Å². The molecule has 0 aliphatic carbocycles. The first-order valence-corrected chi connectivity index (χ1v) is 16.2. The minimum Gasteiger partial charge on any atom is -0.455 e. The summed E-state index contributed by atoms with van der Waals surface area (Å²) in [6.07, 6.45) is 8.01. The number of cyclic esters (lactones) is 1. The van der Waals surface area contributed by atoms with Crippen LogP contribution < -0.4 is 5.32 Å². The number of unbranched alkanes of at least 4 members (excludes halogenated alkanes) is 1. The van der Waals surface area contributed by atoms with E-state index in [0.29, 0.717) is 24.1 Å². The SMILES string of the molecule is CCCCN1C/C=C\CCC(=O)NC[C@H](c2ccccc2)OC(=O)[C@@H]2[C@H]3C(=O)N([C@H](CO)c4ccccc4)[C@H](C1=O)[C@]31C=C[C@H]2O1. The van der Waals surface area contributed by atoms with E-state index in [1.165, 1.54) is 4.90 Å². The number of aliphatic hydroxyl groups is 1. The molecular formula is C36H41N3O7. The van der Waals surface area contributed by atoms with Crippen LogP contribution in [-0.4, -0.2) is 82.6 Å². The molecule has 4 aliphatic rings. The van der Waals surface area contributed by atoms with Crippen molar-refractivity contribution in [1.29, 1.82) is 0 Å². The van der Waals surface area contributed by atoms with Crippen molar-refractivity contribution in [2.75, 3.05) is 26.2 Å². The van der Waals surface area contributed by atoms with Crippen LogP contribution in [0, 0.1) is 11.8 Å². The number of carbonyl (C=O) groups is 4. The molecule has 3 amide bonds. The summed E-state index contributed by atoms with van der Waals surface area (Å²) in [5.74, 6) is -3.63. The second-order valence-corrected chi connectivity index (χ2v) is 12.3. The van der Waals surface area contributed by atoms with Gasteiger partial charge in [0, 0.05) is 19.5 Å². The van der Waals surface area contributed by atoms with Gasteiger partial charge >= 0.3 is 5.97 Å². The molecular weight excluding hydrogens is 586 g/mol. The number of esters is 1. The maximum Gasteiger partial charge on any atom is 0.313 e. The number of fused-ring (bicyclic) bond motifs is 2. The zero-order chi connectivity index (χ0) is 32.3. The Morgan fingerprint density at radius 1 is 1.00 bits per heavy atom. The Labute approximate surface area is 269 Å². The lowest BCUT2D eigenvalue weighted by molar-refractivity contribution is -0.160. The molecule has 10 heteroatoms. The van der Waals surface area contributed by atoms with Crippen LogP contribution in [0.1, 0.15) is 55.9 Å². The number of rotatable bonds is 7. The highest BCUT2D eigenvalue weighted by Crippen LogP contribution is 2.57. The monoisotopic (exact) mass is 627 g/mol. The van der Waals surface area contributed by atoms with Crippen LogP contribution in [0.3, 0.4) is 0 Å². The minimum absolute atomic E-state index is 0.0643. The van der Waals surface area contributed by atoms with E-state index in [4.69, 9.17) is 9.47 Å². The molecule has 7 atom stereocenters. The lowest BCUT2D eigenvalue weighted by Gasteiger charge is -2.39. The van der Waals surface area contributed by atoms with Crippen LogP contribution in [0.5, 0.6) is 0 Å². The van der Waals surface area contributed by atoms with E-state index >= 15 is 0 Å². The van der Waals surface area contributed by atoms with Crippen molar-refractivity contribution >= 4 is 23.7 Å². The van der Waals surface area contributed by atoms with Crippen molar-refractivity contribution in [3.05, 3.63) is 96.1 Å². The van der Waals surface area contributed by atoms with Gasteiger partial charge in [0.15, 0.2) is 0 Å². The molecule has 4 aliphatic heterocycles. The highest BCUT2D eigenvalue weighted by Gasteiger charge is 2.74. The third kappa shape index (κ3) is 5.76. The summed E-state index contributed by atoms with van der Waals surface area (Å²) in [4.78, 5) is 59.4. The zero-order valence-corrected chi connectivity index (χ0v) is 26.0. The smallest absolute Gasteiger partial charge is 0.313 e. The van der Waals surface area contributed by atoms with E-state index in [-0.39, 0.29) is 31.3 Å². The molecule has 2 fully saturated rings. The van der Waals surface area contributed by atoms with E-state index in [9.17, 15) is 24.3 Å². The van der Waals surface area contributed by atoms with Gasteiger partial charge in [-0.05, 0) is 24.0 Å². The second-order valence-electron chi connectivity index (χ2n) is 12.3. The molecule has 10 nitrogen and oxygen atoms in total. The number of nitrogens with zero attached hydrogens (tertiary/aromatic N) is 2. The van der Waals surface area contributed by atoms with E-state index in [1.54, 1.807) is 17.1 Å². The molecule has 242 valence electrons. The molecule has 4 heterocycles. The van der Waals surface area contributed by atoms with Crippen molar-refractivity contribution in [2.45, 2.75) is 62.5 Å². The summed E-state index contributed by atoms with van der Waals surface area (Å²) >= 11 is 0. The maximum atomic E-state index is 14.7. The fourth-order valence-corrected chi connectivity index (χ4v) is 7.28. The highest BCUT2D eigenvalue weighted by molar-refractivity contribution is 5.99. The van der Waals surface area contributed by atoms with Crippen LogP contribution in [0.2, 0.25) is 0 Å². The van der Waals surface area contributed by atoms with E-state index in [1.807, 2.05) is 79.7 Å². The van der Waals surface area contributed by atoms with Crippen LogP contribution in [0.25, 0.3) is 0 Å². The van der Waals surface area contributed by atoms with Gasteiger partial charge in [-0.2, -0.15) is 0 Å². The Balaban J connectivity index is 1.44. The van der Waals surface area contributed by atoms with Crippen molar-refractivity contribution in [2.24, 2.45) is 11.8 Å². The molecule has 5 bridgehead atoms. The van der Waals surface area contributed by atoms with Gasteiger partial charge in [-0.15, -0.1) is 0 Å². The number of aliphatic hydroxyl groups excluding tert-OH is 1. The molecule has 2 aromatic carbocycles. The number of nitrogens with one attached hydrogen (secondary N) is 1. The van der Waals surface area contributed by atoms with Crippen molar-refractivity contribution in [3.8, 4) is 0 Å². The highest BCUT2D eigenvalue weighted by atomic mass is 16.6.